The largest absolute Gasteiger partial charge is 0.497 e. The molecule has 2 aromatic carbocycles. The van der Waals surface area contributed by atoms with E-state index in [2.05, 4.69) is 42.5 Å². The third kappa shape index (κ3) is 1.26. The molecule has 25 heavy (non-hydrogen) atoms. The second kappa shape index (κ2) is 4.26. The number of nitriles is 1. The first-order chi connectivity index (χ1) is 12.3. The Kier molecular flexibility index (Phi) is 2.37. The highest BCUT2D eigenvalue weighted by molar-refractivity contribution is 5.65. The number of rotatable bonds is 2. The molecule has 3 fully saturated rings. The smallest absolute Gasteiger partial charge is 0.118 e. The highest BCUT2D eigenvalue weighted by atomic mass is 16.5. The molecule has 3 aliphatic carbocycles. The third-order valence-corrected chi connectivity index (χ3v) is 7.51. The van der Waals surface area contributed by atoms with Gasteiger partial charge in [-0.15, -0.1) is 0 Å². The lowest BCUT2D eigenvalue weighted by molar-refractivity contribution is 0.00626. The number of ether oxygens (including phenoxy) is 2. The van der Waals surface area contributed by atoms with Crippen LogP contribution in [0, 0.1) is 28.1 Å². The fourth-order valence-corrected chi connectivity index (χ4v) is 6.90. The van der Waals surface area contributed by atoms with Crippen molar-refractivity contribution in [3.8, 4) is 11.8 Å². The van der Waals surface area contributed by atoms with Gasteiger partial charge in [0.1, 0.15) is 5.75 Å². The van der Waals surface area contributed by atoms with Crippen LogP contribution in [0.1, 0.15) is 34.4 Å². The molecule has 1 unspecified atom stereocenters. The van der Waals surface area contributed by atoms with E-state index in [1.54, 1.807) is 7.11 Å². The Hall–Kier alpha value is -2.31. The lowest BCUT2D eigenvalue weighted by atomic mass is 9.75. The van der Waals surface area contributed by atoms with Gasteiger partial charge in [-0.2, -0.15) is 5.26 Å². The van der Waals surface area contributed by atoms with E-state index < -0.39 is 0 Å². The molecule has 6 rings (SSSR count). The van der Waals surface area contributed by atoms with Crippen LogP contribution in [0.25, 0.3) is 0 Å². The lowest BCUT2D eigenvalue weighted by Gasteiger charge is -2.33. The maximum absolute atomic E-state index is 10.4. The van der Waals surface area contributed by atoms with Gasteiger partial charge in [0.2, 0.25) is 0 Å². The maximum Gasteiger partial charge on any atom is 0.118 e. The summed E-state index contributed by atoms with van der Waals surface area (Å²) in [6, 6.07) is 20.0. The minimum Gasteiger partial charge on any atom is -0.497 e. The van der Waals surface area contributed by atoms with Gasteiger partial charge in [-0.1, -0.05) is 36.4 Å². The van der Waals surface area contributed by atoms with Gasteiger partial charge < -0.3 is 9.47 Å². The number of benzene rings is 2. The first-order valence-corrected chi connectivity index (χ1v) is 9.01. The second-order valence-electron chi connectivity index (χ2n) is 7.99. The molecule has 1 aliphatic heterocycles. The Bertz CT molecular complexity index is 930. The van der Waals surface area contributed by atoms with Crippen LogP contribution in [0.2, 0.25) is 0 Å². The highest BCUT2D eigenvalue weighted by Crippen LogP contribution is 2.94. The Labute approximate surface area is 147 Å². The molecule has 2 saturated carbocycles. The molecular formula is C22H19NO2. The topological polar surface area (TPSA) is 42.2 Å². The summed E-state index contributed by atoms with van der Waals surface area (Å²) in [4.78, 5) is 0. The average Bonchev–Trinajstić information content (AvgIpc) is 3.07. The van der Waals surface area contributed by atoms with Gasteiger partial charge in [0.15, 0.2) is 0 Å². The highest BCUT2D eigenvalue weighted by Gasteiger charge is 2.92. The molecule has 0 N–H and O–H groups in total. The van der Waals surface area contributed by atoms with E-state index in [0.29, 0.717) is 17.8 Å². The minimum atomic E-state index is -0.304. The van der Waals surface area contributed by atoms with Crippen molar-refractivity contribution in [1.29, 1.82) is 5.26 Å². The molecule has 4 aliphatic rings. The molecule has 2 aromatic rings. The molecule has 3 nitrogen and oxygen atoms in total. The predicted molar refractivity (Wildman–Crippen MR) is 92.4 cm³/mol. The minimum absolute atomic E-state index is 0.00104. The van der Waals surface area contributed by atoms with Crippen LogP contribution in [-0.2, 0) is 4.74 Å². The van der Waals surface area contributed by atoms with Crippen LogP contribution < -0.4 is 4.74 Å². The van der Waals surface area contributed by atoms with Crippen LogP contribution in [0.5, 0.6) is 5.75 Å². The van der Waals surface area contributed by atoms with Gasteiger partial charge in [-0.3, -0.25) is 0 Å². The Morgan fingerprint density at radius 3 is 2.56 bits per heavy atom. The fourth-order valence-electron chi connectivity index (χ4n) is 6.90. The van der Waals surface area contributed by atoms with E-state index in [1.807, 2.05) is 12.1 Å². The molecule has 6 atom stereocenters. The van der Waals surface area contributed by atoms with Crippen molar-refractivity contribution in [2.75, 3.05) is 20.3 Å². The summed E-state index contributed by atoms with van der Waals surface area (Å²) >= 11 is 0. The van der Waals surface area contributed by atoms with Crippen molar-refractivity contribution >= 4 is 0 Å². The summed E-state index contributed by atoms with van der Waals surface area (Å²) < 4.78 is 11.4. The van der Waals surface area contributed by atoms with Gasteiger partial charge in [0, 0.05) is 17.3 Å². The summed E-state index contributed by atoms with van der Waals surface area (Å²) in [6.07, 6.45) is 0. The molecule has 3 heteroatoms. The van der Waals surface area contributed by atoms with Crippen LogP contribution >= 0.6 is 0 Å². The van der Waals surface area contributed by atoms with Gasteiger partial charge in [0.05, 0.1) is 31.8 Å². The molecular weight excluding hydrogens is 310 g/mol. The van der Waals surface area contributed by atoms with Crippen LogP contribution in [0.3, 0.4) is 0 Å². The van der Waals surface area contributed by atoms with Crippen molar-refractivity contribution < 1.29 is 9.47 Å². The normalized spacial score (nSPS) is 41.6. The maximum atomic E-state index is 10.4. The first-order valence-electron chi connectivity index (χ1n) is 9.01. The van der Waals surface area contributed by atoms with E-state index in [1.165, 1.54) is 16.7 Å². The van der Waals surface area contributed by atoms with E-state index in [-0.39, 0.29) is 16.7 Å². The molecule has 0 aromatic heterocycles. The molecule has 1 saturated heterocycles. The fraction of sp³-hybridized carbons (Fsp3) is 0.409. The molecule has 0 radical (unpaired) electrons. The molecule has 2 bridgehead atoms. The number of nitrogens with zero attached hydrogens (tertiary/aromatic N) is 1. The molecule has 124 valence electrons. The average molecular weight is 329 g/mol. The van der Waals surface area contributed by atoms with Crippen molar-refractivity contribution in [2.45, 2.75) is 17.8 Å². The lowest BCUT2D eigenvalue weighted by Crippen LogP contribution is -2.31. The van der Waals surface area contributed by atoms with E-state index in [4.69, 9.17) is 9.47 Å². The van der Waals surface area contributed by atoms with Gasteiger partial charge >= 0.3 is 0 Å². The number of methoxy groups -OCH3 is 1. The summed E-state index contributed by atoms with van der Waals surface area (Å²) in [5, 5.41) is 10.4. The van der Waals surface area contributed by atoms with E-state index in [9.17, 15) is 5.26 Å². The second-order valence-corrected chi connectivity index (χ2v) is 7.99. The number of hydrogen-bond acceptors (Lipinski definition) is 3. The van der Waals surface area contributed by atoms with E-state index >= 15 is 0 Å². The van der Waals surface area contributed by atoms with Gasteiger partial charge in [-0.25, -0.2) is 0 Å². The third-order valence-electron chi connectivity index (χ3n) is 7.51. The van der Waals surface area contributed by atoms with Crippen LogP contribution in [0.15, 0.2) is 48.5 Å². The Morgan fingerprint density at radius 2 is 1.84 bits per heavy atom. The summed E-state index contributed by atoms with van der Waals surface area (Å²) in [5.41, 5.74) is 3.84. The zero-order chi connectivity index (χ0) is 16.8. The Morgan fingerprint density at radius 1 is 1.08 bits per heavy atom. The van der Waals surface area contributed by atoms with Gasteiger partial charge in [-0.05, 0) is 40.7 Å². The monoisotopic (exact) mass is 329 g/mol. The zero-order valence-corrected chi connectivity index (χ0v) is 14.1. The van der Waals surface area contributed by atoms with E-state index in [0.717, 1.165) is 19.0 Å². The summed E-state index contributed by atoms with van der Waals surface area (Å²) in [5.74, 6) is 2.29. The quantitative estimate of drug-likeness (QED) is 0.841. The molecule has 0 amide bonds. The summed E-state index contributed by atoms with van der Waals surface area (Å²) in [7, 11) is 1.69. The summed E-state index contributed by atoms with van der Waals surface area (Å²) in [6.45, 7) is 1.49. The van der Waals surface area contributed by atoms with Crippen molar-refractivity contribution in [3.63, 3.8) is 0 Å². The zero-order valence-electron chi connectivity index (χ0n) is 14.1. The van der Waals surface area contributed by atoms with Crippen molar-refractivity contribution in [2.24, 2.45) is 16.7 Å². The van der Waals surface area contributed by atoms with Crippen molar-refractivity contribution in [3.05, 3.63) is 65.2 Å². The van der Waals surface area contributed by atoms with Crippen molar-refractivity contribution in [1.82, 2.24) is 0 Å². The van der Waals surface area contributed by atoms with Gasteiger partial charge in [0.25, 0.3) is 0 Å². The van der Waals surface area contributed by atoms with Crippen LogP contribution in [0.4, 0.5) is 0 Å². The Balaban J connectivity index is 1.57. The van der Waals surface area contributed by atoms with Crippen LogP contribution in [-0.4, -0.2) is 20.3 Å². The number of fused-ring (bicyclic) bond motifs is 3. The SMILES string of the molecule is COc1ccc([C@H]2[C@@H]3COCC45[C@@H]3c3ccccc3[C@H]4[C@@]25C#N)cc1. The molecule has 1 spiro atoms. The standard InChI is InChI=1S/C22H19NO2/c1-24-14-8-6-13(7-9-14)18-17-10-25-12-22-19(17)15-4-2-3-5-16(15)20(22)21(18,22)11-23/h2-9,17-20H,10,12H2,1H3/t17-,18-,19+,20-,21+,22?/m0/s1. The first kappa shape index (κ1) is 13.9. The predicted octanol–water partition coefficient (Wildman–Crippen LogP) is 3.83. The number of hydrogen-bond donors (Lipinski definition) is 0. The molecule has 1 heterocycles.